The standard InChI is InChI=1S/C14H20FNO/c1-10-4-3-5-11(2)16(10)9-12-6-13(15)8-14(17)7-12/h6-8,10-11,17H,3-5,9H2,1-2H3/t10-,11+. The fourth-order valence-corrected chi connectivity index (χ4v) is 2.72. The first-order valence-electron chi connectivity index (χ1n) is 6.30. The number of phenolic OH excluding ortho intramolecular Hbond substituents is 1. The number of benzene rings is 1. The molecule has 3 heteroatoms. The molecule has 0 unspecified atom stereocenters. The maximum atomic E-state index is 13.2. The normalized spacial score (nSPS) is 26.1. The van der Waals surface area contributed by atoms with Gasteiger partial charge >= 0.3 is 0 Å². The van der Waals surface area contributed by atoms with Crippen molar-refractivity contribution in [3.8, 4) is 5.75 Å². The summed E-state index contributed by atoms with van der Waals surface area (Å²) in [5.74, 6) is -0.352. The van der Waals surface area contributed by atoms with Crippen molar-refractivity contribution in [1.82, 2.24) is 4.90 Å². The number of hydrogen-bond donors (Lipinski definition) is 1. The summed E-state index contributed by atoms with van der Waals surface area (Å²) in [7, 11) is 0. The van der Waals surface area contributed by atoms with E-state index in [1.807, 2.05) is 0 Å². The lowest BCUT2D eigenvalue weighted by Gasteiger charge is -2.39. The molecule has 2 nitrogen and oxygen atoms in total. The Labute approximate surface area is 102 Å². The molecule has 1 aliphatic heterocycles. The van der Waals surface area contributed by atoms with E-state index in [1.54, 1.807) is 6.07 Å². The third-order valence-electron chi connectivity index (χ3n) is 3.68. The molecular weight excluding hydrogens is 217 g/mol. The van der Waals surface area contributed by atoms with Gasteiger partial charge in [-0.1, -0.05) is 6.42 Å². The first-order valence-corrected chi connectivity index (χ1v) is 6.30. The van der Waals surface area contributed by atoms with Gasteiger partial charge in [-0.25, -0.2) is 4.39 Å². The van der Waals surface area contributed by atoms with Gasteiger partial charge in [0.25, 0.3) is 0 Å². The molecule has 0 bridgehead atoms. The molecule has 2 atom stereocenters. The highest BCUT2D eigenvalue weighted by atomic mass is 19.1. The van der Waals surface area contributed by atoms with E-state index in [2.05, 4.69) is 18.7 Å². The Morgan fingerprint density at radius 1 is 1.24 bits per heavy atom. The zero-order valence-electron chi connectivity index (χ0n) is 10.5. The summed E-state index contributed by atoms with van der Waals surface area (Å²) >= 11 is 0. The van der Waals surface area contributed by atoms with E-state index in [-0.39, 0.29) is 11.6 Å². The highest BCUT2D eigenvalue weighted by Gasteiger charge is 2.24. The van der Waals surface area contributed by atoms with Crippen LogP contribution in [-0.4, -0.2) is 22.1 Å². The van der Waals surface area contributed by atoms with Crippen LogP contribution in [0.2, 0.25) is 0 Å². The first kappa shape index (κ1) is 12.4. The molecule has 1 aromatic carbocycles. The van der Waals surface area contributed by atoms with Crippen molar-refractivity contribution in [2.24, 2.45) is 0 Å². The maximum Gasteiger partial charge on any atom is 0.127 e. The minimum absolute atomic E-state index is 0.0114. The Morgan fingerprint density at radius 3 is 2.47 bits per heavy atom. The average molecular weight is 237 g/mol. The lowest BCUT2D eigenvalue weighted by molar-refractivity contribution is 0.0951. The Balaban J connectivity index is 2.13. The molecule has 0 radical (unpaired) electrons. The van der Waals surface area contributed by atoms with Crippen LogP contribution >= 0.6 is 0 Å². The number of halogens is 1. The third-order valence-corrected chi connectivity index (χ3v) is 3.68. The van der Waals surface area contributed by atoms with Gasteiger partial charge in [0.05, 0.1) is 0 Å². The maximum absolute atomic E-state index is 13.2. The molecule has 1 saturated heterocycles. The number of aromatic hydroxyl groups is 1. The van der Waals surface area contributed by atoms with E-state index < -0.39 is 0 Å². The molecule has 17 heavy (non-hydrogen) atoms. The lowest BCUT2D eigenvalue weighted by Crippen LogP contribution is -2.42. The van der Waals surface area contributed by atoms with E-state index >= 15 is 0 Å². The second kappa shape index (κ2) is 5.05. The summed E-state index contributed by atoms with van der Waals surface area (Å²) in [6, 6.07) is 5.37. The van der Waals surface area contributed by atoms with Crippen molar-refractivity contribution in [1.29, 1.82) is 0 Å². The number of phenols is 1. The van der Waals surface area contributed by atoms with Gasteiger partial charge in [0.2, 0.25) is 0 Å². The number of rotatable bonds is 2. The predicted molar refractivity (Wildman–Crippen MR) is 66.4 cm³/mol. The topological polar surface area (TPSA) is 23.5 Å². The van der Waals surface area contributed by atoms with Crippen LogP contribution in [0.3, 0.4) is 0 Å². The fourth-order valence-electron chi connectivity index (χ4n) is 2.72. The molecule has 1 aliphatic rings. The predicted octanol–water partition coefficient (Wildman–Crippen LogP) is 3.29. The highest BCUT2D eigenvalue weighted by Crippen LogP contribution is 2.25. The van der Waals surface area contributed by atoms with Gasteiger partial charge in [-0.3, -0.25) is 4.90 Å². The summed E-state index contributed by atoms with van der Waals surface area (Å²) < 4.78 is 13.2. The molecular formula is C14H20FNO. The van der Waals surface area contributed by atoms with E-state index in [0.717, 1.165) is 11.6 Å². The van der Waals surface area contributed by atoms with Gasteiger partial charge in [-0.15, -0.1) is 0 Å². The van der Waals surface area contributed by atoms with Crippen LogP contribution in [0, 0.1) is 5.82 Å². The fraction of sp³-hybridized carbons (Fsp3) is 0.571. The molecule has 1 heterocycles. The van der Waals surface area contributed by atoms with Crippen LogP contribution in [0.15, 0.2) is 18.2 Å². The van der Waals surface area contributed by atoms with Crippen LogP contribution < -0.4 is 0 Å². The van der Waals surface area contributed by atoms with Crippen molar-refractivity contribution < 1.29 is 9.50 Å². The van der Waals surface area contributed by atoms with Crippen molar-refractivity contribution in [3.05, 3.63) is 29.6 Å². The van der Waals surface area contributed by atoms with E-state index in [1.165, 1.54) is 25.3 Å². The van der Waals surface area contributed by atoms with Gasteiger partial charge in [0, 0.05) is 24.7 Å². The SMILES string of the molecule is C[C@@H]1CCC[C@H](C)N1Cc1cc(O)cc(F)c1. The average Bonchev–Trinajstić information content (AvgIpc) is 2.22. The second-order valence-electron chi connectivity index (χ2n) is 5.12. The van der Waals surface area contributed by atoms with Crippen LogP contribution in [0.25, 0.3) is 0 Å². The quantitative estimate of drug-likeness (QED) is 0.853. The second-order valence-corrected chi connectivity index (χ2v) is 5.12. The largest absolute Gasteiger partial charge is 0.508 e. The van der Waals surface area contributed by atoms with Gasteiger partial charge < -0.3 is 5.11 Å². The molecule has 94 valence electrons. The third kappa shape index (κ3) is 2.97. The molecule has 1 N–H and O–H groups in total. The molecule has 1 fully saturated rings. The smallest absolute Gasteiger partial charge is 0.127 e. The Bertz CT molecular complexity index is 364. The van der Waals surface area contributed by atoms with Gasteiger partial charge in [0.1, 0.15) is 11.6 Å². The molecule has 0 aromatic heterocycles. The van der Waals surface area contributed by atoms with Crippen LogP contribution in [0.4, 0.5) is 4.39 Å². The van der Waals surface area contributed by atoms with Crippen molar-refractivity contribution in [2.75, 3.05) is 0 Å². The first-order chi connectivity index (χ1) is 8.06. The van der Waals surface area contributed by atoms with Crippen LogP contribution in [0.5, 0.6) is 5.75 Å². The monoisotopic (exact) mass is 237 g/mol. The Morgan fingerprint density at radius 2 is 1.88 bits per heavy atom. The van der Waals surface area contributed by atoms with Crippen LogP contribution in [-0.2, 0) is 6.54 Å². The van der Waals surface area contributed by atoms with Gasteiger partial charge in [-0.2, -0.15) is 0 Å². The van der Waals surface area contributed by atoms with E-state index in [9.17, 15) is 9.50 Å². The Kier molecular flexibility index (Phi) is 3.67. The molecule has 0 saturated carbocycles. The summed E-state index contributed by atoms with van der Waals surface area (Å²) in [6.07, 6.45) is 3.67. The summed E-state index contributed by atoms with van der Waals surface area (Å²) in [5.41, 5.74) is 0.850. The van der Waals surface area contributed by atoms with E-state index in [0.29, 0.717) is 18.6 Å². The van der Waals surface area contributed by atoms with Gasteiger partial charge in [0.15, 0.2) is 0 Å². The zero-order valence-corrected chi connectivity index (χ0v) is 10.5. The number of likely N-dealkylation sites (tertiary alicyclic amines) is 1. The molecule has 2 rings (SSSR count). The van der Waals surface area contributed by atoms with Crippen molar-refractivity contribution in [2.45, 2.75) is 51.7 Å². The molecule has 0 spiro atoms. The Hall–Kier alpha value is -1.09. The number of nitrogens with zero attached hydrogens (tertiary/aromatic N) is 1. The zero-order chi connectivity index (χ0) is 12.4. The number of hydrogen-bond acceptors (Lipinski definition) is 2. The molecule has 1 aromatic rings. The molecule has 0 amide bonds. The summed E-state index contributed by atoms with van der Waals surface area (Å²) in [5, 5.41) is 9.40. The summed E-state index contributed by atoms with van der Waals surface area (Å²) in [6.45, 7) is 5.15. The molecule has 0 aliphatic carbocycles. The minimum Gasteiger partial charge on any atom is -0.508 e. The number of piperidine rings is 1. The minimum atomic E-state index is -0.364. The van der Waals surface area contributed by atoms with Crippen molar-refractivity contribution in [3.63, 3.8) is 0 Å². The van der Waals surface area contributed by atoms with Gasteiger partial charge in [-0.05, 0) is 44.4 Å². The van der Waals surface area contributed by atoms with Crippen LogP contribution in [0.1, 0.15) is 38.7 Å². The van der Waals surface area contributed by atoms with E-state index in [4.69, 9.17) is 0 Å². The lowest BCUT2D eigenvalue weighted by atomic mass is 9.97. The highest BCUT2D eigenvalue weighted by molar-refractivity contribution is 5.28. The van der Waals surface area contributed by atoms with Crippen molar-refractivity contribution >= 4 is 0 Å². The summed E-state index contributed by atoms with van der Waals surface area (Å²) in [4.78, 5) is 2.39.